The normalized spacial score (nSPS) is 17.4. The van der Waals surface area contributed by atoms with Gasteiger partial charge < -0.3 is 10.4 Å². The predicted molar refractivity (Wildman–Crippen MR) is 46.9 cm³/mol. The summed E-state index contributed by atoms with van der Waals surface area (Å²) in [7, 11) is 6.29. The van der Waals surface area contributed by atoms with E-state index in [-0.39, 0.29) is 12.1 Å². The Balaban J connectivity index is 3.58. The maximum Gasteiger partial charge on any atom is 0.0819 e. The zero-order chi connectivity index (χ0) is 8.15. The molecule has 0 heterocycles. The summed E-state index contributed by atoms with van der Waals surface area (Å²) in [5.74, 6) is 0. The Kier molecular flexibility index (Phi) is 5.18. The standard InChI is InChI=1S/C6H17N2OP/c1-5(8(3)10)6(9)4-7-2/h5-7,9H,4,10H2,1-3H3/t5?,6-/m1/s1. The van der Waals surface area contributed by atoms with Gasteiger partial charge in [0.2, 0.25) is 0 Å². The molecule has 0 aromatic heterocycles. The number of nitrogens with zero attached hydrogens (tertiary/aromatic N) is 1. The summed E-state index contributed by atoms with van der Waals surface area (Å²) in [6.07, 6.45) is -0.299. The molecule has 4 heteroatoms. The number of nitrogens with one attached hydrogen (secondary N) is 1. The summed E-state index contributed by atoms with van der Waals surface area (Å²) in [5.41, 5.74) is 0. The van der Waals surface area contributed by atoms with Crippen molar-refractivity contribution in [2.75, 3.05) is 20.6 Å². The monoisotopic (exact) mass is 164 g/mol. The average Bonchev–Trinajstić information content (AvgIpc) is 1.87. The summed E-state index contributed by atoms with van der Waals surface area (Å²) < 4.78 is 1.92. The Morgan fingerprint density at radius 1 is 1.70 bits per heavy atom. The van der Waals surface area contributed by atoms with Crippen LogP contribution in [0, 0.1) is 0 Å². The second-order valence-electron chi connectivity index (χ2n) is 2.53. The highest BCUT2D eigenvalue weighted by Gasteiger charge is 2.14. The van der Waals surface area contributed by atoms with Crippen LogP contribution in [0.25, 0.3) is 0 Å². The molecule has 0 saturated heterocycles. The van der Waals surface area contributed by atoms with Gasteiger partial charge in [-0.25, -0.2) is 0 Å². The van der Waals surface area contributed by atoms with Crippen LogP contribution in [0.4, 0.5) is 0 Å². The lowest BCUT2D eigenvalue weighted by Crippen LogP contribution is -2.39. The van der Waals surface area contributed by atoms with Gasteiger partial charge >= 0.3 is 0 Å². The molecule has 0 aromatic rings. The van der Waals surface area contributed by atoms with E-state index in [0.717, 1.165) is 0 Å². The molecule has 2 N–H and O–H groups in total. The van der Waals surface area contributed by atoms with Gasteiger partial charge in [-0.15, -0.1) is 0 Å². The van der Waals surface area contributed by atoms with Crippen molar-refractivity contribution in [3.8, 4) is 0 Å². The topological polar surface area (TPSA) is 35.5 Å². The van der Waals surface area contributed by atoms with Crippen molar-refractivity contribution < 1.29 is 5.11 Å². The van der Waals surface area contributed by atoms with Gasteiger partial charge in [0.05, 0.1) is 6.10 Å². The molecule has 10 heavy (non-hydrogen) atoms. The fraction of sp³-hybridized carbons (Fsp3) is 1.00. The van der Waals surface area contributed by atoms with Crippen molar-refractivity contribution in [2.24, 2.45) is 0 Å². The fourth-order valence-electron chi connectivity index (χ4n) is 0.651. The van der Waals surface area contributed by atoms with Crippen LogP contribution >= 0.6 is 9.39 Å². The molecule has 62 valence electrons. The molecule has 2 unspecified atom stereocenters. The molecule has 0 amide bonds. The number of hydrogen-bond donors (Lipinski definition) is 2. The van der Waals surface area contributed by atoms with Gasteiger partial charge in [-0.1, -0.05) is 9.39 Å². The third kappa shape index (κ3) is 3.47. The van der Waals surface area contributed by atoms with Gasteiger partial charge in [-0.05, 0) is 21.0 Å². The minimum Gasteiger partial charge on any atom is -0.390 e. The Morgan fingerprint density at radius 3 is 2.50 bits per heavy atom. The zero-order valence-electron chi connectivity index (χ0n) is 6.83. The van der Waals surface area contributed by atoms with E-state index in [4.69, 9.17) is 0 Å². The van der Waals surface area contributed by atoms with Gasteiger partial charge in [0.1, 0.15) is 0 Å². The number of aliphatic hydroxyl groups is 1. The van der Waals surface area contributed by atoms with Crippen molar-refractivity contribution in [2.45, 2.75) is 19.1 Å². The predicted octanol–water partition coefficient (Wildman–Crippen LogP) is -0.323. The highest BCUT2D eigenvalue weighted by atomic mass is 31.0. The smallest absolute Gasteiger partial charge is 0.0819 e. The van der Waals surface area contributed by atoms with Crippen molar-refractivity contribution >= 4 is 9.39 Å². The molecule has 0 spiro atoms. The highest BCUT2D eigenvalue weighted by Crippen LogP contribution is 2.05. The maximum absolute atomic E-state index is 9.37. The fourth-order valence-corrected chi connectivity index (χ4v) is 0.850. The first kappa shape index (κ1) is 10.3. The number of aliphatic hydroxyl groups excluding tert-OH is 1. The van der Waals surface area contributed by atoms with Gasteiger partial charge in [0.15, 0.2) is 0 Å². The van der Waals surface area contributed by atoms with Crippen LogP contribution in [0.2, 0.25) is 0 Å². The Bertz CT molecular complexity index is 89.8. The minimum absolute atomic E-state index is 0.178. The van der Waals surface area contributed by atoms with Crippen LogP contribution in [0.1, 0.15) is 6.92 Å². The van der Waals surface area contributed by atoms with Gasteiger partial charge in [0.25, 0.3) is 0 Å². The molecule has 0 bridgehead atoms. The van der Waals surface area contributed by atoms with Gasteiger partial charge in [-0.2, -0.15) is 0 Å². The van der Waals surface area contributed by atoms with Gasteiger partial charge in [-0.3, -0.25) is 4.67 Å². The first-order valence-electron chi connectivity index (χ1n) is 3.39. The minimum atomic E-state index is -0.299. The zero-order valence-corrected chi connectivity index (χ0v) is 7.99. The molecule has 0 aliphatic carbocycles. The number of rotatable bonds is 4. The Hall–Kier alpha value is 0.310. The molecular formula is C6H17N2OP. The average molecular weight is 164 g/mol. The van der Waals surface area contributed by atoms with Crippen molar-refractivity contribution in [3.63, 3.8) is 0 Å². The van der Waals surface area contributed by atoms with E-state index >= 15 is 0 Å². The molecule has 0 fully saturated rings. The first-order valence-corrected chi connectivity index (χ1v) is 3.91. The summed E-state index contributed by atoms with van der Waals surface area (Å²) in [6.45, 7) is 2.62. The van der Waals surface area contributed by atoms with E-state index in [1.54, 1.807) is 0 Å². The van der Waals surface area contributed by atoms with Crippen molar-refractivity contribution in [1.29, 1.82) is 0 Å². The molecule has 0 aliphatic heterocycles. The van der Waals surface area contributed by atoms with Crippen LogP contribution in [-0.4, -0.2) is 42.6 Å². The van der Waals surface area contributed by atoms with Crippen LogP contribution in [-0.2, 0) is 0 Å². The summed E-state index contributed by atoms with van der Waals surface area (Å²) >= 11 is 0. The summed E-state index contributed by atoms with van der Waals surface area (Å²) in [6, 6.07) is 0.178. The van der Waals surface area contributed by atoms with E-state index in [0.29, 0.717) is 6.54 Å². The van der Waals surface area contributed by atoms with Crippen LogP contribution in [0.5, 0.6) is 0 Å². The van der Waals surface area contributed by atoms with Gasteiger partial charge in [0, 0.05) is 12.6 Å². The lowest BCUT2D eigenvalue weighted by Gasteiger charge is -2.24. The second-order valence-corrected chi connectivity index (χ2v) is 3.35. The second kappa shape index (κ2) is 5.03. The molecule has 3 atom stereocenters. The Labute approximate surface area is 65.1 Å². The van der Waals surface area contributed by atoms with Crippen molar-refractivity contribution in [1.82, 2.24) is 9.99 Å². The lowest BCUT2D eigenvalue weighted by atomic mass is 10.2. The number of likely N-dealkylation sites (N-methyl/N-ethyl adjacent to an activating group) is 2. The number of hydrogen-bond acceptors (Lipinski definition) is 3. The third-order valence-electron chi connectivity index (χ3n) is 1.61. The van der Waals surface area contributed by atoms with Crippen molar-refractivity contribution in [3.05, 3.63) is 0 Å². The van der Waals surface area contributed by atoms with E-state index in [9.17, 15) is 5.11 Å². The van der Waals surface area contributed by atoms with E-state index in [2.05, 4.69) is 14.7 Å². The highest BCUT2D eigenvalue weighted by molar-refractivity contribution is 7.13. The molecular weight excluding hydrogens is 147 g/mol. The Morgan fingerprint density at radius 2 is 2.20 bits per heavy atom. The third-order valence-corrected chi connectivity index (χ3v) is 2.08. The molecule has 0 rings (SSSR count). The summed E-state index contributed by atoms with van der Waals surface area (Å²) in [4.78, 5) is 0. The van der Waals surface area contributed by atoms with Crippen LogP contribution < -0.4 is 5.32 Å². The first-order chi connectivity index (χ1) is 4.59. The van der Waals surface area contributed by atoms with E-state index in [1.807, 2.05) is 25.7 Å². The molecule has 0 aromatic carbocycles. The molecule has 3 nitrogen and oxygen atoms in total. The lowest BCUT2D eigenvalue weighted by molar-refractivity contribution is 0.112. The quantitative estimate of drug-likeness (QED) is 0.559. The SMILES string of the molecule is CNC[C@@H](O)C(C)N(C)P. The van der Waals surface area contributed by atoms with E-state index < -0.39 is 0 Å². The van der Waals surface area contributed by atoms with E-state index in [1.165, 1.54) is 0 Å². The van der Waals surface area contributed by atoms with Crippen LogP contribution in [0.3, 0.4) is 0 Å². The molecule has 0 saturated carbocycles. The maximum atomic E-state index is 9.37. The largest absolute Gasteiger partial charge is 0.390 e. The van der Waals surface area contributed by atoms with Crippen LogP contribution in [0.15, 0.2) is 0 Å². The molecule has 0 aliphatic rings. The molecule has 0 radical (unpaired) electrons. The summed E-state index contributed by atoms with van der Waals surface area (Å²) in [5, 5.41) is 12.3.